The minimum Gasteiger partial charge on any atom is -0.369 e. The first kappa shape index (κ1) is 23.8. The number of likely N-dealkylation sites (tertiary alicyclic amines) is 1. The van der Waals surface area contributed by atoms with Crippen molar-refractivity contribution in [2.45, 2.75) is 45.1 Å². The summed E-state index contributed by atoms with van der Waals surface area (Å²) in [5, 5.41) is 3.62. The number of carbonyl (C=O) groups excluding carboxylic acids is 3. The highest BCUT2D eigenvalue weighted by Gasteiger charge is 2.31. The summed E-state index contributed by atoms with van der Waals surface area (Å²) in [7, 11) is 0. The molecule has 32 heavy (non-hydrogen) atoms. The molecule has 2 aromatic carbocycles. The topological polar surface area (TPSA) is 92.5 Å². The summed E-state index contributed by atoms with van der Waals surface area (Å²) in [4.78, 5) is 39.1. The van der Waals surface area contributed by atoms with Gasteiger partial charge in [0.05, 0.1) is 6.42 Å². The Labute approximate surface area is 194 Å². The average Bonchev–Trinajstić information content (AvgIpc) is 2.77. The SMILES string of the molecule is CC(C)[C@@H](NC(=O)c1cccc(CC(N)=O)c1)C(=O)N1CCC(c2ccc(Cl)cc2)CC1. The molecular formula is C25H30ClN3O3. The highest BCUT2D eigenvalue weighted by atomic mass is 35.5. The maximum atomic E-state index is 13.2. The number of amides is 3. The Morgan fingerprint density at radius 1 is 1.09 bits per heavy atom. The highest BCUT2D eigenvalue weighted by Crippen LogP contribution is 2.29. The van der Waals surface area contributed by atoms with Gasteiger partial charge in [0.15, 0.2) is 0 Å². The van der Waals surface area contributed by atoms with Crippen LogP contribution in [0.5, 0.6) is 0 Å². The number of primary amides is 1. The van der Waals surface area contributed by atoms with E-state index in [0.29, 0.717) is 30.1 Å². The minimum absolute atomic E-state index is 0.0591. The van der Waals surface area contributed by atoms with Crippen LogP contribution in [-0.4, -0.2) is 41.8 Å². The summed E-state index contributed by atoms with van der Waals surface area (Å²) >= 11 is 5.99. The van der Waals surface area contributed by atoms with Gasteiger partial charge in [0.1, 0.15) is 6.04 Å². The second-order valence-corrected chi connectivity index (χ2v) is 9.13. The van der Waals surface area contributed by atoms with Crippen LogP contribution in [0, 0.1) is 5.92 Å². The zero-order chi connectivity index (χ0) is 23.3. The van der Waals surface area contributed by atoms with E-state index in [1.165, 1.54) is 5.56 Å². The van der Waals surface area contributed by atoms with E-state index < -0.39 is 11.9 Å². The molecule has 0 saturated carbocycles. The second-order valence-electron chi connectivity index (χ2n) is 8.69. The molecule has 2 aromatic rings. The number of piperidine rings is 1. The summed E-state index contributed by atoms with van der Waals surface area (Å²) in [5.41, 5.74) is 7.57. The normalized spacial score (nSPS) is 15.4. The Balaban J connectivity index is 1.63. The number of carbonyl (C=O) groups is 3. The number of benzene rings is 2. The molecule has 170 valence electrons. The van der Waals surface area contributed by atoms with Gasteiger partial charge in [-0.3, -0.25) is 14.4 Å². The van der Waals surface area contributed by atoms with Crippen molar-refractivity contribution < 1.29 is 14.4 Å². The number of nitrogens with zero attached hydrogens (tertiary/aromatic N) is 1. The fourth-order valence-electron chi connectivity index (χ4n) is 4.13. The van der Waals surface area contributed by atoms with Crippen LogP contribution >= 0.6 is 11.6 Å². The first-order valence-corrected chi connectivity index (χ1v) is 11.3. The third-order valence-corrected chi connectivity index (χ3v) is 6.19. The number of halogens is 1. The van der Waals surface area contributed by atoms with E-state index in [2.05, 4.69) is 5.32 Å². The van der Waals surface area contributed by atoms with Crippen LogP contribution < -0.4 is 11.1 Å². The molecule has 3 amide bonds. The van der Waals surface area contributed by atoms with E-state index in [1.807, 2.05) is 43.0 Å². The monoisotopic (exact) mass is 455 g/mol. The van der Waals surface area contributed by atoms with Crippen LogP contribution in [0.3, 0.4) is 0 Å². The third-order valence-electron chi connectivity index (χ3n) is 5.93. The lowest BCUT2D eigenvalue weighted by Gasteiger charge is -2.35. The average molecular weight is 456 g/mol. The van der Waals surface area contributed by atoms with Gasteiger partial charge in [0.2, 0.25) is 11.8 Å². The van der Waals surface area contributed by atoms with Gasteiger partial charge in [-0.25, -0.2) is 0 Å². The van der Waals surface area contributed by atoms with Crippen molar-refractivity contribution >= 4 is 29.3 Å². The number of hydrogen-bond donors (Lipinski definition) is 2. The summed E-state index contributed by atoms with van der Waals surface area (Å²) in [6.45, 7) is 5.15. The minimum atomic E-state index is -0.616. The van der Waals surface area contributed by atoms with Gasteiger partial charge in [-0.1, -0.05) is 49.7 Å². The summed E-state index contributed by atoms with van der Waals surface area (Å²) in [6.07, 6.45) is 1.82. The van der Waals surface area contributed by atoms with Gasteiger partial charge in [-0.2, -0.15) is 0 Å². The van der Waals surface area contributed by atoms with Crippen molar-refractivity contribution in [3.63, 3.8) is 0 Å². The molecule has 0 aromatic heterocycles. The Morgan fingerprint density at radius 2 is 1.75 bits per heavy atom. The van der Waals surface area contributed by atoms with Crippen molar-refractivity contribution in [2.75, 3.05) is 13.1 Å². The molecule has 3 N–H and O–H groups in total. The lowest BCUT2D eigenvalue weighted by atomic mass is 9.89. The Kier molecular flexibility index (Phi) is 7.91. The lowest BCUT2D eigenvalue weighted by Crippen LogP contribution is -2.52. The Bertz CT molecular complexity index is 967. The zero-order valence-electron chi connectivity index (χ0n) is 18.5. The fourth-order valence-corrected chi connectivity index (χ4v) is 4.25. The predicted octanol–water partition coefficient (Wildman–Crippen LogP) is 3.53. The number of nitrogens with two attached hydrogens (primary N) is 1. The van der Waals surface area contributed by atoms with Crippen molar-refractivity contribution in [2.24, 2.45) is 11.7 Å². The Morgan fingerprint density at radius 3 is 2.34 bits per heavy atom. The Hall–Kier alpha value is -2.86. The summed E-state index contributed by atoms with van der Waals surface area (Å²) < 4.78 is 0. The zero-order valence-corrected chi connectivity index (χ0v) is 19.3. The predicted molar refractivity (Wildman–Crippen MR) is 125 cm³/mol. The van der Waals surface area contributed by atoms with Gasteiger partial charge in [0.25, 0.3) is 5.91 Å². The molecule has 1 aliphatic heterocycles. The third kappa shape index (κ3) is 6.10. The van der Waals surface area contributed by atoms with E-state index in [0.717, 1.165) is 17.9 Å². The van der Waals surface area contributed by atoms with E-state index >= 15 is 0 Å². The van der Waals surface area contributed by atoms with Crippen molar-refractivity contribution in [1.82, 2.24) is 10.2 Å². The molecule has 6 nitrogen and oxygen atoms in total. The molecule has 1 saturated heterocycles. The molecule has 0 radical (unpaired) electrons. The fraction of sp³-hybridized carbons (Fsp3) is 0.400. The second kappa shape index (κ2) is 10.6. The molecule has 3 rings (SSSR count). The van der Waals surface area contributed by atoms with Gasteiger partial charge in [-0.15, -0.1) is 0 Å². The van der Waals surface area contributed by atoms with Crippen molar-refractivity contribution in [3.8, 4) is 0 Å². The van der Waals surface area contributed by atoms with E-state index in [1.54, 1.807) is 24.3 Å². The van der Waals surface area contributed by atoms with Gasteiger partial charge in [0, 0.05) is 23.7 Å². The maximum absolute atomic E-state index is 13.2. The quantitative estimate of drug-likeness (QED) is 0.668. The van der Waals surface area contributed by atoms with Gasteiger partial charge >= 0.3 is 0 Å². The molecule has 1 heterocycles. The van der Waals surface area contributed by atoms with E-state index in [4.69, 9.17) is 17.3 Å². The summed E-state index contributed by atoms with van der Waals surface area (Å²) in [6, 6.07) is 14.0. The molecule has 0 spiro atoms. The lowest BCUT2D eigenvalue weighted by molar-refractivity contribution is -0.135. The van der Waals surface area contributed by atoms with Crippen LogP contribution in [0.1, 0.15) is 54.1 Å². The highest BCUT2D eigenvalue weighted by molar-refractivity contribution is 6.30. The molecule has 0 unspecified atom stereocenters. The smallest absolute Gasteiger partial charge is 0.251 e. The molecular weight excluding hydrogens is 426 g/mol. The van der Waals surface area contributed by atoms with E-state index in [-0.39, 0.29) is 24.2 Å². The van der Waals surface area contributed by atoms with Gasteiger partial charge < -0.3 is 16.0 Å². The molecule has 0 aliphatic carbocycles. The largest absolute Gasteiger partial charge is 0.369 e. The summed E-state index contributed by atoms with van der Waals surface area (Å²) in [5.74, 6) is -0.513. The number of rotatable bonds is 7. The first-order valence-electron chi connectivity index (χ1n) is 11.0. The van der Waals surface area contributed by atoms with Crippen LogP contribution in [0.4, 0.5) is 0 Å². The van der Waals surface area contributed by atoms with Crippen LogP contribution in [0.25, 0.3) is 0 Å². The maximum Gasteiger partial charge on any atom is 0.251 e. The van der Waals surface area contributed by atoms with Gasteiger partial charge in [-0.05, 0) is 60.1 Å². The molecule has 1 atom stereocenters. The molecule has 7 heteroatoms. The molecule has 1 fully saturated rings. The molecule has 1 aliphatic rings. The molecule has 0 bridgehead atoms. The van der Waals surface area contributed by atoms with Crippen LogP contribution in [0.15, 0.2) is 48.5 Å². The van der Waals surface area contributed by atoms with Crippen molar-refractivity contribution in [1.29, 1.82) is 0 Å². The van der Waals surface area contributed by atoms with Crippen LogP contribution in [-0.2, 0) is 16.0 Å². The van der Waals surface area contributed by atoms with E-state index in [9.17, 15) is 14.4 Å². The standard InChI is InChI=1S/C25H30ClN3O3/c1-16(2)23(28-24(31)20-5-3-4-17(14-20)15-22(27)30)25(32)29-12-10-19(11-13-29)18-6-8-21(26)9-7-18/h3-9,14,16,19,23H,10-13,15H2,1-2H3,(H2,27,30)(H,28,31)/t23-/m1/s1. The first-order chi connectivity index (χ1) is 15.2. The van der Waals surface area contributed by atoms with Crippen molar-refractivity contribution in [3.05, 3.63) is 70.2 Å². The number of hydrogen-bond acceptors (Lipinski definition) is 3. The van der Waals surface area contributed by atoms with Crippen LogP contribution in [0.2, 0.25) is 5.02 Å². The number of nitrogens with one attached hydrogen (secondary N) is 1.